The zero-order valence-electron chi connectivity index (χ0n) is 19.9. The summed E-state index contributed by atoms with van der Waals surface area (Å²) in [7, 11) is 0. The lowest BCUT2D eigenvalue weighted by atomic mass is 9.89. The third-order valence-corrected chi connectivity index (χ3v) is 6.85. The van der Waals surface area contributed by atoms with Gasteiger partial charge in [-0.15, -0.1) is 6.58 Å². The van der Waals surface area contributed by atoms with Crippen LogP contribution in [0.15, 0.2) is 94.7 Å². The number of carbonyl (C=O) groups excluding carboxylic acids is 2. The van der Waals surface area contributed by atoms with Gasteiger partial charge in [-0.25, -0.2) is 4.39 Å². The van der Waals surface area contributed by atoms with Gasteiger partial charge >= 0.3 is 0 Å². The first kappa shape index (κ1) is 24.5. The van der Waals surface area contributed by atoms with Gasteiger partial charge in [0.05, 0.1) is 10.9 Å². The Morgan fingerprint density at radius 1 is 1.11 bits per heavy atom. The van der Waals surface area contributed by atoms with Crippen LogP contribution >= 0.6 is 11.6 Å². The lowest BCUT2D eigenvalue weighted by Crippen LogP contribution is -2.55. The molecule has 4 aromatic rings. The molecule has 2 heterocycles. The van der Waals surface area contributed by atoms with Crippen molar-refractivity contribution in [3.05, 3.63) is 123 Å². The van der Waals surface area contributed by atoms with E-state index in [-0.39, 0.29) is 35.4 Å². The highest BCUT2D eigenvalue weighted by Gasteiger charge is 2.56. The van der Waals surface area contributed by atoms with E-state index in [2.05, 4.69) is 6.58 Å². The summed E-state index contributed by atoms with van der Waals surface area (Å²) < 4.78 is 19.5. The van der Waals surface area contributed by atoms with Gasteiger partial charge in [0.2, 0.25) is 5.76 Å². The van der Waals surface area contributed by atoms with Gasteiger partial charge in [-0.05, 0) is 55.0 Å². The largest absolute Gasteiger partial charge is 0.450 e. The molecule has 0 N–H and O–H groups in total. The van der Waals surface area contributed by atoms with Gasteiger partial charge in [0.1, 0.15) is 11.4 Å². The zero-order chi connectivity index (χ0) is 26.3. The number of rotatable bonds is 6. The highest BCUT2D eigenvalue weighted by Crippen LogP contribution is 2.42. The van der Waals surface area contributed by atoms with E-state index in [1.54, 1.807) is 36.4 Å². The first-order chi connectivity index (χ1) is 17.8. The fourth-order valence-electron chi connectivity index (χ4n) is 4.75. The van der Waals surface area contributed by atoms with Gasteiger partial charge in [-0.1, -0.05) is 48.0 Å². The number of anilines is 1. The number of benzene rings is 3. The fraction of sp³-hybridized carbons (Fsp3) is 0.138. The van der Waals surface area contributed by atoms with E-state index >= 15 is 0 Å². The molecule has 0 saturated heterocycles. The molecule has 1 aliphatic heterocycles. The summed E-state index contributed by atoms with van der Waals surface area (Å²) in [6.45, 7) is 5.39. The number of carbonyl (C=O) groups is 2. The number of nitrogens with zero attached hydrogens (tertiary/aromatic N) is 2. The van der Waals surface area contributed by atoms with E-state index in [1.165, 1.54) is 53.1 Å². The normalized spacial score (nSPS) is 16.6. The molecule has 2 amide bonds. The van der Waals surface area contributed by atoms with Gasteiger partial charge in [0.15, 0.2) is 11.0 Å². The first-order valence-corrected chi connectivity index (χ1v) is 11.9. The van der Waals surface area contributed by atoms with Crippen molar-refractivity contribution in [2.75, 3.05) is 11.4 Å². The van der Waals surface area contributed by atoms with Gasteiger partial charge < -0.3 is 14.2 Å². The number of para-hydroxylation sites is 1. The van der Waals surface area contributed by atoms with E-state index in [1.807, 2.05) is 6.07 Å². The maximum atomic E-state index is 14.4. The topological polar surface area (TPSA) is 70.8 Å². The van der Waals surface area contributed by atoms with Crippen molar-refractivity contribution in [2.45, 2.75) is 19.0 Å². The molecule has 5 rings (SSSR count). The number of fused-ring (bicyclic) bond motifs is 2. The van der Waals surface area contributed by atoms with Gasteiger partial charge in [-0.3, -0.25) is 14.4 Å². The van der Waals surface area contributed by atoms with Crippen LogP contribution in [0.4, 0.5) is 10.1 Å². The molecule has 0 radical (unpaired) electrons. The Bertz CT molecular complexity index is 1600. The molecule has 186 valence electrons. The molecule has 1 aliphatic rings. The average molecular weight is 517 g/mol. The zero-order valence-corrected chi connectivity index (χ0v) is 20.7. The molecule has 3 aromatic carbocycles. The quantitative estimate of drug-likeness (QED) is 0.309. The van der Waals surface area contributed by atoms with Crippen molar-refractivity contribution in [1.29, 1.82) is 0 Å². The molecule has 0 fully saturated rings. The van der Waals surface area contributed by atoms with Crippen LogP contribution in [-0.2, 0) is 16.9 Å². The van der Waals surface area contributed by atoms with Crippen molar-refractivity contribution >= 4 is 40.1 Å². The van der Waals surface area contributed by atoms with Crippen molar-refractivity contribution in [1.82, 2.24) is 4.90 Å². The average Bonchev–Trinajstić information content (AvgIpc) is 3.11. The summed E-state index contributed by atoms with van der Waals surface area (Å²) >= 11 is 6.15. The lowest BCUT2D eigenvalue weighted by Gasteiger charge is -2.38. The van der Waals surface area contributed by atoms with Crippen molar-refractivity contribution < 1.29 is 18.4 Å². The summed E-state index contributed by atoms with van der Waals surface area (Å²) in [5.41, 5.74) is -0.982. The Morgan fingerprint density at radius 2 is 1.81 bits per heavy atom. The molecular formula is C29H22ClFN2O4. The van der Waals surface area contributed by atoms with E-state index < -0.39 is 28.6 Å². The van der Waals surface area contributed by atoms with Crippen molar-refractivity contribution in [3.8, 4) is 0 Å². The Labute approximate surface area is 217 Å². The van der Waals surface area contributed by atoms with Crippen LogP contribution < -0.4 is 10.3 Å². The first-order valence-electron chi connectivity index (χ1n) is 11.6. The lowest BCUT2D eigenvalue weighted by molar-refractivity contribution is -0.128. The highest BCUT2D eigenvalue weighted by atomic mass is 35.5. The Kier molecular flexibility index (Phi) is 6.17. The molecule has 0 unspecified atom stereocenters. The van der Waals surface area contributed by atoms with Gasteiger partial charge in [0.25, 0.3) is 11.8 Å². The second kappa shape index (κ2) is 9.33. The summed E-state index contributed by atoms with van der Waals surface area (Å²) in [5, 5.41) is 0.481. The van der Waals surface area contributed by atoms with Crippen LogP contribution in [0.1, 0.15) is 28.6 Å². The Balaban J connectivity index is 1.75. The molecule has 0 spiro atoms. The number of hydrogen-bond donors (Lipinski definition) is 0. The molecule has 0 bridgehead atoms. The summed E-state index contributed by atoms with van der Waals surface area (Å²) in [6.07, 6.45) is 1.57. The van der Waals surface area contributed by atoms with Gasteiger partial charge in [0, 0.05) is 23.8 Å². The van der Waals surface area contributed by atoms with Gasteiger partial charge in [-0.2, -0.15) is 0 Å². The monoisotopic (exact) mass is 516 g/mol. The second-order valence-electron chi connectivity index (χ2n) is 8.91. The van der Waals surface area contributed by atoms with Crippen LogP contribution in [0.2, 0.25) is 5.02 Å². The van der Waals surface area contributed by atoms with E-state index in [0.717, 1.165) is 0 Å². The van der Waals surface area contributed by atoms with Crippen LogP contribution in [0.3, 0.4) is 0 Å². The predicted molar refractivity (Wildman–Crippen MR) is 140 cm³/mol. The Hall–Kier alpha value is -4.23. The van der Waals surface area contributed by atoms with E-state index in [0.29, 0.717) is 16.3 Å². The van der Waals surface area contributed by atoms with E-state index in [9.17, 15) is 18.8 Å². The maximum Gasteiger partial charge on any atom is 0.291 e. The maximum absolute atomic E-state index is 14.4. The molecule has 1 atom stereocenters. The molecule has 37 heavy (non-hydrogen) atoms. The smallest absolute Gasteiger partial charge is 0.291 e. The molecule has 8 heteroatoms. The highest BCUT2D eigenvalue weighted by molar-refractivity contribution is 6.31. The SMILES string of the molecule is C=CCN(C(=O)[C@@]1(C)c2c(oc3ccc(Cl)cc3c2=O)C(=O)N1Cc1ccc(F)cc1)c1ccccc1. The third-order valence-electron chi connectivity index (χ3n) is 6.61. The van der Waals surface area contributed by atoms with Crippen LogP contribution in [0.25, 0.3) is 11.0 Å². The summed E-state index contributed by atoms with van der Waals surface area (Å²) in [5.74, 6) is -1.76. The number of hydrogen-bond acceptors (Lipinski definition) is 4. The van der Waals surface area contributed by atoms with Crippen LogP contribution in [-0.4, -0.2) is 23.3 Å². The number of halogens is 2. The standard InChI is InChI=1S/C29H22ClFN2O4/c1-3-15-32(21-7-5-4-6-8-21)28(36)29(2)24-25(34)22-16-19(30)11-14-23(22)37-26(24)27(35)33(29)17-18-9-12-20(31)13-10-18/h3-14,16H,1,15,17H2,2H3/t29-/m1/s1. The summed E-state index contributed by atoms with van der Waals surface area (Å²) in [6, 6.07) is 19.0. The minimum atomic E-state index is -1.74. The van der Waals surface area contributed by atoms with Crippen molar-refractivity contribution in [3.63, 3.8) is 0 Å². The Morgan fingerprint density at radius 3 is 2.49 bits per heavy atom. The third kappa shape index (κ3) is 4.01. The van der Waals surface area contributed by atoms with Crippen molar-refractivity contribution in [2.24, 2.45) is 0 Å². The molecule has 0 saturated carbocycles. The van der Waals surface area contributed by atoms with Crippen LogP contribution in [0.5, 0.6) is 0 Å². The predicted octanol–water partition coefficient (Wildman–Crippen LogP) is 5.68. The van der Waals surface area contributed by atoms with E-state index in [4.69, 9.17) is 16.0 Å². The molecule has 1 aromatic heterocycles. The van der Waals surface area contributed by atoms with Crippen LogP contribution in [0, 0.1) is 5.82 Å². The minimum absolute atomic E-state index is 0.0567. The molecule has 6 nitrogen and oxygen atoms in total. The summed E-state index contributed by atoms with van der Waals surface area (Å²) in [4.78, 5) is 44.8. The number of amides is 2. The fourth-order valence-corrected chi connectivity index (χ4v) is 4.92. The molecule has 0 aliphatic carbocycles. The minimum Gasteiger partial charge on any atom is -0.450 e. The molecular weight excluding hydrogens is 495 g/mol. The second-order valence-corrected chi connectivity index (χ2v) is 9.34.